The smallest absolute Gasteiger partial charge is 0.251 e. The zero-order valence-electron chi connectivity index (χ0n) is 11.6. The maximum absolute atomic E-state index is 12.0. The fourth-order valence-electron chi connectivity index (χ4n) is 2.05. The molecule has 2 amide bonds. The summed E-state index contributed by atoms with van der Waals surface area (Å²) in [7, 11) is 0. The van der Waals surface area contributed by atoms with Crippen LogP contribution in [-0.2, 0) is 9.53 Å². The van der Waals surface area contributed by atoms with Crippen molar-refractivity contribution in [3.8, 4) is 0 Å². The van der Waals surface area contributed by atoms with Crippen LogP contribution in [-0.4, -0.2) is 49.1 Å². The normalized spacial score (nSPS) is 18.4. The second-order valence-electron chi connectivity index (χ2n) is 4.83. The maximum atomic E-state index is 12.0. The van der Waals surface area contributed by atoms with Crippen molar-refractivity contribution in [1.29, 1.82) is 0 Å². The number of hydrogen-bond donors (Lipinski definition) is 1. The van der Waals surface area contributed by atoms with Gasteiger partial charge in [0.2, 0.25) is 5.91 Å². The molecule has 0 spiro atoms. The van der Waals surface area contributed by atoms with Crippen molar-refractivity contribution in [2.24, 2.45) is 0 Å². The lowest BCUT2D eigenvalue weighted by Crippen LogP contribution is -2.48. The van der Waals surface area contributed by atoms with Crippen LogP contribution in [0.1, 0.15) is 17.3 Å². The van der Waals surface area contributed by atoms with Crippen molar-refractivity contribution >= 4 is 35.0 Å². The molecule has 0 aliphatic carbocycles. The van der Waals surface area contributed by atoms with E-state index in [1.165, 1.54) is 6.07 Å². The predicted molar refractivity (Wildman–Crippen MR) is 80.8 cm³/mol. The molecular weight excluding hydrogens is 315 g/mol. The van der Waals surface area contributed by atoms with Crippen LogP contribution in [0.25, 0.3) is 0 Å². The summed E-state index contributed by atoms with van der Waals surface area (Å²) in [5.41, 5.74) is 0.368. The molecule has 1 saturated heterocycles. The minimum atomic E-state index is -0.358. The van der Waals surface area contributed by atoms with Gasteiger partial charge in [0.15, 0.2) is 0 Å². The second-order valence-corrected chi connectivity index (χ2v) is 5.65. The lowest BCUT2D eigenvalue weighted by atomic mass is 10.2. The molecule has 1 aliphatic rings. The number of ether oxygens (including phenoxy) is 1. The maximum Gasteiger partial charge on any atom is 0.251 e. The summed E-state index contributed by atoms with van der Waals surface area (Å²) in [5, 5.41) is 3.27. The van der Waals surface area contributed by atoms with Gasteiger partial charge < -0.3 is 15.0 Å². The highest BCUT2D eigenvalue weighted by Gasteiger charge is 2.21. The van der Waals surface area contributed by atoms with Crippen molar-refractivity contribution in [2.45, 2.75) is 13.0 Å². The minimum absolute atomic E-state index is 0.0217. The molecule has 1 aromatic carbocycles. The molecule has 0 saturated carbocycles. The lowest BCUT2D eigenvalue weighted by molar-refractivity contribution is -0.137. The van der Waals surface area contributed by atoms with Gasteiger partial charge in [0.05, 0.1) is 29.3 Å². The average Bonchev–Trinajstić information content (AvgIpc) is 2.47. The Hall–Kier alpha value is -1.30. The number of carbonyl (C=O) groups excluding carboxylic acids is 2. The number of rotatable bonds is 3. The van der Waals surface area contributed by atoms with Crippen LogP contribution in [0.2, 0.25) is 10.0 Å². The van der Waals surface area contributed by atoms with Crippen LogP contribution >= 0.6 is 23.2 Å². The van der Waals surface area contributed by atoms with Crippen molar-refractivity contribution in [3.63, 3.8) is 0 Å². The van der Waals surface area contributed by atoms with E-state index in [2.05, 4.69) is 5.32 Å². The summed E-state index contributed by atoms with van der Waals surface area (Å²) in [6, 6.07) is 4.58. The molecule has 1 aromatic rings. The van der Waals surface area contributed by atoms with Crippen molar-refractivity contribution in [1.82, 2.24) is 10.2 Å². The van der Waals surface area contributed by atoms with E-state index in [9.17, 15) is 9.59 Å². The molecule has 1 fully saturated rings. The molecule has 7 heteroatoms. The van der Waals surface area contributed by atoms with Gasteiger partial charge in [0.25, 0.3) is 5.91 Å². The third-order valence-electron chi connectivity index (χ3n) is 3.18. The second kappa shape index (κ2) is 7.11. The molecule has 5 nitrogen and oxygen atoms in total. The number of nitrogens with zero attached hydrogens (tertiary/aromatic N) is 1. The highest BCUT2D eigenvalue weighted by Crippen LogP contribution is 2.22. The summed E-state index contributed by atoms with van der Waals surface area (Å²) in [6.45, 7) is 3.47. The Morgan fingerprint density at radius 3 is 2.81 bits per heavy atom. The quantitative estimate of drug-likeness (QED) is 0.921. The zero-order chi connectivity index (χ0) is 15.4. The van der Waals surface area contributed by atoms with Gasteiger partial charge in [0.1, 0.15) is 0 Å². The average molecular weight is 331 g/mol. The molecule has 1 aliphatic heterocycles. The monoisotopic (exact) mass is 330 g/mol. The van der Waals surface area contributed by atoms with Crippen molar-refractivity contribution in [2.75, 3.05) is 26.2 Å². The van der Waals surface area contributed by atoms with Crippen molar-refractivity contribution < 1.29 is 14.3 Å². The van der Waals surface area contributed by atoms with E-state index in [1.807, 2.05) is 6.92 Å². The van der Waals surface area contributed by atoms with Crippen LogP contribution in [0.4, 0.5) is 0 Å². The molecule has 1 atom stereocenters. The van der Waals surface area contributed by atoms with E-state index in [0.29, 0.717) is 35.3 Å². The van der Waals surface area contributed by atoms with Gasteiger partial charge in [-0.25, -0.2) is 0 Å². The summed E-state index contributed by atoms with van der Waals surface area (Å²) in [4.78, 5) is 25.6. The Bertz CT molecular complexity index is 551. The summed E-state index contributed by atoms with van der Waals surface area (Å²) >= 11 is 11.6. The predicted octanol–water partition coefficient (Wildman–Crippen LogP) is 1.97. The first-order chi connectivity index (χ1) is 9.97. The Morgan fingerprint density at radius 2 is 2.14 bits per heavy atom. The van der Waals surface area contributed by atoms with Gasteiger partial charge in [-0.3, -0.25) is 9.59 Å². The van der Waals surface area contributed by atoms with E-state index in [0.717, 1.165) is 0 Å². The number of amides is 2. The summed E-state index contributed by atoms with van der Waals surface area (Å²) in [6.07, 6.45) is 0.0217. The third kappa shape index (κ3) is 4.33. The van der Waals surface area contributed by atoms with E-state index in [4.69, 9.17) is 27.9 Å². The molecule has 0 bridgehead atoms. The van der Waals surface area contributed by atoms with E-state index in [-0.39, 0.29) is 24.5 Å². The van der Waals surface area contributed by atoms with Crippen LogP contribution in [0.3, 0.4) is 0 Å². The zero-order valence-corrected chi connectivity index (χ0v) is 13.1. The van der Waals surface area contributed by atoms with Crippen LogP contribution in [0.15, 0.2) is 18.2 Å². The molecule has 1 unspecified atom stereocenters. The molecule has 1 N–H and O–H groups in total. The Morgan fingerprint density at radius 1 is 1.38 bits per heavy atom. The fourth-order valence-corrected chi connectivity index (χ4v) is 2.35. The van der Waals surface area contributed by atoms with E-state index < -0.39 is 0 Å². The number of nitrogens with one attached hydrogen (secondary N) is 1. The molecule has 1 heterocycles. The Kier molecular flexibility index (Phi) is 5.45. The molecular formula is C14H16Cl2N2O3. The van der Waals surface area contributed by atoms with E-state index >= 15 is 0 Å². The van der Waals surface area contributed by atoms with Gasteiger partial charge in [-0.05, 0) is 25.1 Å². The lowest BCUT2D eigenvalue weighted by Gasteiger charge is -2.31. The third-order valence-corrected chi connectivity index (χ3v) is 3.91. The fraction of sp³-hybridized carbons (Fsp3) is 0.429. The van der Waals surface area contributed by atoms with Gasteiger partial charge in [0, 0.05) is 18.7 Å². The van der Waals surface area contributed by atoms with Crippen molar-refractivity contribution in [3.05, 3.63) is 33.8 Å². The number of benzene rings is 1. The molecule has 114 valence electrons. The highest BCUT2D eigenvalue weighted by atomic mass is 35.5. The molecule has 0 aromatic heterocycles. The number of morpholine rings is 1. The topological polar surface area (TPSA) is 58.6 Å². The van der Waals surface area contributed by atoms with Gasteiger partial charge in [-0.15, -0.1) is 0 Å². The van der Waals surface area contributed by atoms with Crippen LogP contribution in [0.5, 0.6) is 0 Å². The molecule has 0 radical (unpaired) electrons. The SMILES string of the molecule is CC1CN(C(=O)CNC(=O)c2ccc(Cl)c(Cl)c2)CCO1. The number of halogens is 2. The first-order valence-electron chi connectivity index (χ1n) is 6.60. The first kappa shape index (κ1) is 16.1. The molecule has 21 heavy (non-hydrogen) atoms. The Balaban J connectivity index is 1.88. The number of hydrogen-bond acceptors (Lipinski definition) is 3. The van der Waals surface area contributed by atoms with E-state index in [1.54, 1.807) is 17.0 Å². The largest absolute Gasteiger partial charge is 0.375 e. The van der Waals surface area contributed by atoms with Gasteiger partial charge in [-0.2, -0.15) is 0 Å². The van der Waals surface area contributed by atoms with Crippen LogP contribution < -0.4 is 5.32 Å². The van der Waals surface area contributed by atoms with Gasteiger partial charge in [-0.1, -0.05) is 23.2 Å². The highest BCUT2D eigenvalue weighted by molar-refractivity contribution is 6.42. The minimum Gasteiger partial charge on any atom is -0.375 e. The summed E-state index contributed by atoms with van der Waals surface area (Å²) in [5.74, 6) is -0.484. The number of carbonyl (C=O) groups is 2. The van der Waals surface area contributed by atoms with Gasteiger partial charge >= 0.3 is 0 Å². The summed E-state index contributed by atoms with van der Waals surface area (Å²) < 4.78 is 5.37. The van der Waals surface area contributed by atoms with Crippen LogP contribution in [0, 0.1) is 0 Å². The molecule has 2 rings (SSSR count). The standard InChI is InChI=1S/C14H16Cl2N2O3/c1-9-8-18(4-5-21-9)13(19)7-17-14(20)10-2-3-11(15)12(16)6-10/h2-3,6,9H,4-5,7-8H2,1H3,(H,17,20). The first-order valence-corrected chi connectivity index (χ1v) is 7.35. The Labute approximate surface area is 133 Å².